The van der Waals surface area contributed by atoms with Gasteiger partial charge in [0.15, 0.2) is 0 Å². The number of nitrogens with two attached hydrogens (primary N) is 1. The van der Waals surface area contributed by atoms with Crippen LogP contribution in [-0.4, -0.2) is 11.0 Å². The van der Waals surface area contributed by atoms with E-state index < -0.39 is 6.03 Å². The number of hydrogen-bond acceptors (Lipinski definition) is 2. The van der Waals surface area contributed by atoms with Gasteiger partial charge in [0.2, 0.25) is 0 Å². The fourth-order valence-corrected chi connectivity index (χ4v) is 2.23. The largest absolute Gasteiger partial charge is 0.351 e. The topological polar surface area (TPSA) is 68.0 Å². The lowest BCUT2D eigenvalue weighted by Crippen LogP contribution is -2.19. The molecule has 0 bridgehead atoms. The molecule has 2 rings (SSSR count). The first-order valence-electron chi connectivity index (χ1n) is 4.80. The zero-order chi connectivity index (χ0) is 12.6. The van der Waals surface area contributed by atoms with Crippen molar-refractivity contribution >= 4 is 45.8 Å². The highest BCUT2D eigenvalue weighted by Gasteiger charge is 2.10. The second kappa shape index (κ2) is 4.39. The lowest BCUT2D eigenvalue weighted by atomic mass is 10.1. The van der Waals surface area contributed by atoms with E-state index in [1.807, 2.05) is 0 Å². The number of aromatic nitrogens is 1. The summed E-state index contributed by atoms with van der Waals surface area (Å²) >= 11 is 12.0. The van der Waals surface area contributed by atoms with Gasteiger partial charge in [0, 0.05) is 16.1 Å². The molecule has 17 heavy (non-hydrogen) atoms. The Balaban J connectivity index is 2.77. The van der Waals surface area contributed by atoms with Gasteiger partial charge in [-0.1, -0.05) is 23.2 Å². The van der Waals surface area contributed by atoms with Crippen LogP contribution < -0.4 is 11.1 Å². The van der Waals surface area contributed by atoms with Crippen molar-refractivity contribution in [3.63, 3.8) is 0 Å². The second-order valence-electron chi connectivity index (χ2n) is 3.58. The second-order valence-corrected chi connectivity index (χ2v) is 4.43. The van der Waals surface area contributed by atoms with Crippen molar-refractivity contribution in [2.75, 3.05) is 5.32 Å². The number of carbonyl (C=O) groups is 1. The molecule has 3 N–H and O–H groups in total. The van der Waals surface area contributed by atoms with Crippen molar-refractivity contribution in [2.45, 2.75) is 6.92 Å². The van der Waals surface area contributed by atoms with Gasteiger partial charge in [0.05, 0.1) is 16.2 Å². The summed E-state index contributed by atoms with van der Waals surface area (Å²) in [7, 11) is 0. The maximum Gasteiger partial charge on any atom is 0.316 e. The fourth-order valence-electron chi connectivity index (χ4n) is 1.65. The molecule has 1 aromatic carbocycles. The first-order chi connectivity index (χ1) is 7.97. The van der Waals surface area contributed by atoms with Crippen LogP contribution in [0.4, 0.5) is 10.5 Å². The molecule has 0 saturated heterocycles. The Kier molecular flexibility index (Phi) is 3.09. The van der Waals surface area contributed by atoms with E-state index in [-0.39, 0.29) is 0 Å². The minimum atomic E-state index is -0.650. The van der Waals surface area contributed by atoms with Crippen LogP contribution in [0.5, 0.6) is 0 Å². The molecule has 0 atom stereocenters. The summed E-state index contributed by atoms with van der Waals surface area (Å²) in [6, 6.07) is 4.33. The summed E-state index contributed by atoms with van der Waals surface area (Å²) in [5.74, 6) is 0. The Morgan fingerprint density at radius 3 is 2.71 bits per heavy atom. The molecule has 2 amide bonds. The van der Waals surface area contributed by atoms with E-state index in [4.69, 9.17) is 28.9 Å². The number of aryl methyl sites for hydroxylation is 1. The summed E-state index contributed by atoms with van der Waals surface area (Å²) in [5, 5.41) is 4.06. The van der Waals surface area contributed by atoms with Crippen molar-refractivity contribution in [1.29, 1.82) is 0 Å². The van der Waals surface area contributed by atoms with Crippen LogP contribution in [0.3, 0.4) is 0 Å². The van der Waals surface area contributed by atoms with E-state index in [9.17, 15) is 4.79 Å². The Bertz CT molecular complexity index is 608. The van der Waals surface area contributed by atoms with Crippen molar-refractivity contribution in [3.8, 4) is 0 Å². The average Bonchev–Trinajstić information content (AvgIpc) is 2.13. The molecule has 0 aliphatic carbocycles. The number of nitrogens with zero attached hydrogens (tertiary/aromatic N) is 1. The number of anilines is 1. The van der Waals surface area contributed by atoms with E-state index in [1.54, 1.807) is 25.1 Å². The number of amides is 2. The molecule has 0 aliphatic rings. The van der Waals surface area contributed by atoms with Gasteiger partial charge < -0.3 is 11.1 Å². The lowest BCUT2D eigenvalue weighted by Gasteiger charge is -2.09. The van der Waals surface area contributed by atoms with Gasteiger partial charge in [-0.05, 0) is 25.1 Å². The summed E-state index contributed by atoms with van der Waals surface area (Å²) in [5.41, 5.74) is 6.99. The maximum absolute atomic E-state index is 10.9. The number of benzene rings is 1. The molecule has 2 aromatic rings. The number of rotatable bonds is 1. The lowest BCUT2D eigenvalue weighted by molar-refractivity contribution is 0.259. The molecule has 0 spiro atoms. The average molecular weight is 270 g/mol. The third-order valence-corrected chi connectivity index (χ3v) is 2.73. The molecule has 1 heterocycles. The minimum absolute atomic E-state index is 0.420. The van der Waals surface area contributed by atoms with Gasteiger partial charge in [0.25, 0.3) is 0 Å². The molecule has 0 aliphatic heterocycles. The number of fused-ring (bicyclic) bond motifs is 1. The maximum atomic E-state index is 10.9. The molecular weight excluding hydrogens is 261 g/mol. The van der Waals surface area contributed by atoms with E-state index in [0.29, 0.717) is 26.6 Å². The van der Waals surface area contributed by atoms with Gasteiger partial charge in [-0.2, -0.15) is 0 Å². The molecule has 88 valence electrons. The number of urea groups is 1. The highest BCUT2D eigenvalue weighted by molar-refractivity contribution is 6.39. The van der Waals surface area contributed by atoms with Gasteiger partial charge in [0.1, 0.15) is 0 Å². The zero-order valence-electron chi connectivity index (χ0n) is 8.92. The van der Waals surface area contributed by atoms with Crippen LogP contribution in [0, 0.1) is 6.92 Å². The van der Waals surface area contributed by atoms with E-state index in [1.165, 1.54) is 0 Å². The molecule has 0 radical (unpaired) electrons. The van der Waals surface area contributed by atoms with Crippen LogP contribution in [0.1, 0.15) is 5.69 Å². The predicted molar refractivity (Wildman–Crippen MR) is 69.7 cm³/mol. The zero-order valence-corrected chi connectivity index (χ0v) is 10.4. The number of hydrogen-bond donors (Lipinski definition) is 2. The SMILES string of the molecule is Cc1cc(NC(N)=O)c2c(Cl)cc(Cl)cc2n1. The molecule has 0 saturated carbocycles. The van der Waals surface area contributed by atoms with Crippen molar-refractivity contribution in [1.82, 2.24) is 4.98 Å². The molecule has 4 nitrogen and oxygen atoms in total. The van der Waals surface area contributed by atoms with E-state index in [2.05, 4.69) is 10.3 Å². The van der Waals surface area contributed by atoms with Crippen LogP contribution in [0.15, 0.2) is 18.2 Å². The van der Waals surface area contributed by atoms with Gasteiger partial charge in [-0.25, -0.2) is 4.79 Å². The third-order valence-electron chi connectivity index (χ3n) is 2.21. The molecule has 1 aromatic heterocycles. The predicted octanol–water partition coefficient (Wildman–Crippen LogP) is 3.34. The van der Waals surface area contributed by atoms with Crippen LogP contribution in [0.2, 0.25) is 10.0 Å². The monoisotopic (exact) mass is 269 g/mol. The number of carbonyl (C=O) groups excluding carboxylic acids is 1. The highest BCUT2D eigenvalue weighted by Crippen LogP contribution is 2.32. The van der Waals surface area contributed by atoms with E-state index in [0.717, 1.165) is 5.69 Å². The Hall–Kier alpha value is -1.52. The number of nitrogens with one attached hydrogen (secondary N) is 1. The fraction of sp³-hybridized carbons (Fsp3) is 0.0909. The summed E-state index contributed by atoms with van der Waals surface area (Å²) in [6.45, 7) is 1.81. The van der Waals surface area contributed by atoms with Crippen LogP contribution >= 0.6 is 23.2 Å². The molecular formula is C11H9Cl2N3O. The summed E-state index contributed by atoms with van der Waals surface area (Å²) < 4.78 is 0. The summed E-state index contributed by atoms with van der Waals surface area (Å²) in [4.78, 5) is 15.2. The summed E-state index contributed by atoms with van der Waals surface area (Å²) in [6.07, 6.45) is 0. The quantitative estimate of drug-likeness (QED) is 0.834. The third kappa shape index (κ3) is 2.43. The van der Waals surface area contributed by atoms with Crippen molar-refractivity contribution in [3.05, 3.63) is 33.9 Å². The Labute approximate surface area is 108 Å². The minimum Gasteiger partial charge on any atom is -0.351 e. The number of halogens is 2. The van der Waals surface area contributed by atoms with Gasteiger partial charge in [-0.15, -0.1) is 0 Å². The number of primary amides is 1. The van der Waals surface area contributed by atoms with Crippen molar-refractivity contribution in [2.24, 2.45) is 5.73 Å². The molecule has 0 fully saturated rings. The Morgan fingerprint density at radius 2 is 2.06 bits per heavy atom. The first kappa shape index (κ1) is 12.0. The number of pyridine rings is 1. The Morgan fingerprint density at radius 1 is 1.35 bits per heavy atom. The molecule has 6 heteroatoms. The van der Waals surface area contributed by atoms with Gasteiger partial charge in [-0.3, -0.25) is 4.98 Å². The highest BCUT2D eigenvalue weighted by atomic mass is 35.5. The van der Waals surface area contributed by atoms with E-state index >= 15 is 0 Å². The van der Waals surface area contributed by atoms with Gasteiger partial charge >= 0.3 is 6.03 Å². The first-order valence-corrected chi connectivity index (χ1v) is 5.56. The normalized spacial score (nSPS) is 10.5. The van der Waals surface area contributed by atoms with Crippen LogP contribution in [-0.2, 0) is 0 Å². The van der Waals surface area contributed by atoms with Crippen LogP contribution in [0.25, 0.3) is 10.9 Å². The molecule has 0 unspecified atom stereocenters. The van der Waals surface area contributed by atoms with Crippen molar-refractivity contribution < 1.29 is 4.79 Å². The smallest absolute Gasteiger partial charge is 0.316 e. The standard InChI is InChI=1S/C11H9Cl2N3O/c1-5-2-8(16-11(14)17)10-7(13)3-6(12)4-9(10)15-5/h2-4H,1H3,(H3,14,15,16,17).